The van der Waals surface area contributed by atoms with Gasteiger partial charge >= 0.3 is 0 Å². The Labute approximate surface area is 131 Å². The predicted molar refractivity (Wildman–Crippen MR) is 88.2 cm³/mol. The van der Waals surface area contributed by atoms with Crippen molar-refractivity contribution in [2.75, 3.05) is 13.2 Å². The smallest absolute Gasteiger partial charge is 0.223 e. The zero-order valence-electron chi connectivity index (χ0n) is 14.5. The van der Waals surface area contributed by atoms with E-state index in [1.807, 2.05) is 0 Å². The summed E-state index contributed by atoms with van der Waals surface area (Å²) >= 11 is 0. The van der Waals surface area contributed by atoms with Crippen LogP contribution in [0.4, 0.5) is 0 Å². The van der Waals surface area contributed by atoms with Crippen molar-refractivity contribution in [2.45, 2.75) is 78.7 Å². The summed E-state index contributed by atoms with van der Waals surface area (Å²) in [7, 11) is 0. The fraction of sp³-hybridized carbons (Fsp3) is 0.944. The Bertz CT molecular complexity index is 283. The molecule has 3 heteroatoms. The lowest BCUT2D eigenvalue weighted by molar-refractivity contribution is -0.128. The monoisotopic (exact) mass is 297 g/mol. The molecule has 1 unspecified atom stereocenters. The van der Waals surface area contributed by atoms with Crippen molar-refractivity contribution >= 4 is 5.91 Å². The van der Waals surface area contributed by atoms with E-state index in [0.29, 0.717) is 12.0 Å². The molecule has 0 radical (unpaired) electrons. The average molecular weight is 297 g/mol. The highest BCUT2D eigenvalue weighted by Gasteiger charge is 2.24. The average Bonchev–Trinajstić information content (AvgIpc) is 2.42. The number of carbonyl (C=O) groups is 1. The summed E-state index contributed by atoms with van der Waals surface area (Å²) in [5.74, 6) is 1.66. The van der Waals surface area contributed by atoms with Crippen LogP contribution in [0.25, 0.3) is 0 Å². The Balaban J connectivity index is 2.28. The Morgan fingerprint density at radius 3 is 2.24 bits per heavy atom. The minimum absolute atomic E-state index is 0.173. The van der Waals surface area contributed by atoms with Gasteiger partial charge in [-0.3, -0.25) is 4.79 Å². The van der Waals surface area contributed by atoms with E-state index >= 15 is 0 Å². The number of nitrogens with one attached hydrogen (secondary N) is 1. The van der Waals surface area contributed by atoms with Gasteiger partial charge in [-0.1, -0.05) is 53.4 Å². The van der Waals surface area contributed by atoms with Gasteiger partial charge in [-0.15, -0.1) is 0 Å². The number of hydrogen-bond acceptors (Lipinski definition) is 2. The van der Waals surface area contributed by atoms with E-state index in [2.05, 4.69) is 33.0 Å². The number of carbonyl (C=O) groups excluding carboxylic acids is 1. The molecule has 124 valence electrons. The van der Waals surface area contributed by atoms with Gasteiger partial charge in [0, 0.05) is 25.2 Å². The van der Waals surface area contributed by atoms with Gasteiger partial charge in [0.2, 0.25) is 5.91 Å². The summed E-state index contributed by atoms with van der Waals surface area (Å²) in [5.41, 5.74) is 0. The molecule has 0 aromatic rings. The zero-order chi connectivity index (χ0) is 15.7. The van der Waals surface area contributed by atoms with Crippen molar-refractivity contribution in [3.63, 3.8) is 0 Å². The SMILES string of the molecule is CC(C)CCCCCC(C(=O)NC1CCOCC1)C(C)C. The summed E-state index contributed by atoms with van der Waals surface area (Å²) in [6.45, 7) is 10.5. The molecule has 0 aromatic carbocycles. The van der Waals surface area contributed by atoms with E-state index in [1.165, 1.54) is 25.7 Å². The molecule has 1 atom stereocenters. The van der Waals surface area contributed by atoms with Crippen molar-refractivity contribution in [1.82, 2.24) is 5.32 Å². The third-order valence-corrected chi connectivity index (χ3v) is 4.51. The van der Waals surface area contributed by atoms with E-state index in [0.717, 1.165) is 38.4 Å². The van der Waals surface area contributed by atoms with Gasteiger partial charge in [0.25, 0.3) is 0 Å². The van der Waals surface area contributed by atoms with Crippen LogP contribution in [-0.2, 0) is 9.53 Å². The van der Waals surface area contributed by atoms with Gasteiger partial charge < -0.3 is 10.1 Å². The standard InChI is InChI=1S/C18H35NO2/c1-14(2)8-6-5-7-9-17(15(3)4)18(20)19-16-10-12-21-13-11-16/h14-17H,5-13H2,1-4H3,(H,19,20). The van der Waals surface area contributed by atoms with Crippen LogP contribution in [0.5, 0.6) is 0 Å². The highest BCUT2D eigenvalue weighted by atomic mass is 16.5. The number of hydrogen-bond donors (Lipinski definition) is 1. The van der Waals surface area contributed by atoms with E-state index in [9.17, 15) is 4.79 Å². The van der Waals surface area contributed by atoms with Crippen molar-refractivity contribution in [3.05, 3.63) is 0 Å². The molecule has 0 aliphatic carbocycles. The van der Waals surface area contributed by atoms with E-state index in [1.54, 1.807) is 0 Å². The summed E-state index contributed by atoms with van der Waals surface area (Å²) < 4.78 is 5.35. The fourth-order valence-electron chi connectivity index (χ4n) is 3.01. The van der Waals surface area contributed by atoms with Gasteiger partial charge in [-0.2, -0.15) is 0 Å². The zero-order valence-corrected chi connectivity index (χ0v) is 14.5. The minimum Gasteiger partial charge on any atom is -0.381 e. The summed E-state index contributed by atoms with van der Waals surface area (Å²) in [5, 5.41) is 3.24. The number of amides is 1. The molecule has 1 aliphatic heterocycles. The van der Waals surface area contributed by atoms with E-state index in [-0.39, 0.29) is 11.8 Å². The summed E-state index contributed by atoms with van der Waals surface area (Å²) in [6.07, 6.45) is 7.99. The molecule has 1 aliphatic rings. The summed E-state index contributed by atoms with van der Waals surface area (Å²) in [6, 6.07) is 0.327. The second kappa shape index (κ2) is 10.2. The molecule has 0 spiro atoms. The van der Waals surface area contributed by atoms with Crippen LogP contribution in [0.3, 0.4) is 0 Å². The Hall–Kier alpha value is -0.570. The highest BCUT2D eigenvalue weighted by molar-refractivity contribution is 5.79. The number of unbranched alkanes of at least 4 members (excludes halogenated alkanes) is 2. The first-order valence-electron chi connectivity index (χ1n) is 8.88. The van der Waals surface area contributed by atoms with Crippen molar-refractivity contribution in [3.8, 4) is 0 Å². The molecule has 0 saturated carbocycles. The molecule has 1 fully saturated rings. The van der Waals surface area contributed by atoms with Gasteiger partial charge in [-0.05, 0) is 31.1 Å². The second-order valence-corrected chi connectivity index (χ2v) is 7.28. The first-order valence-corrected chi connectivity index (χ1v) is 8.88. The van der Waals surface area contributed by atoms with Crippen LogP contribution in [0.1, 0.15) is 72.6 Å². The number of ether oxygens (including phenoxy) is 1. The van der Waals surface area contributed by atoms with Crippen LogP contribution >= 0.6 is 0 Å². The van der Waals surface area contributed by atoms with Gasteiger partial charge in [0.1, 0.15) is 0 Å². The molecular formula is C18H35NO2. The minimum atomic E-state index is 0.173. The summed E-state index contributed by atoms with van der Waals surface area (Å²) in [4.78, 5) is 12.5. The Kier molecular flexibility index (Phi) is 8.98. The Morgan fingerprint density at radius 1 is 1.05 bits per heavy atom. The van der Waals surface area contributed by atoms with Crippen molar-refractivity contribution in [1.29, 1.82) is 0 Å². The highest BCUT2D eigenvalue weighted by Crippen LogP contribution is 2.21. The van der Waals surface area contributed by atoms with Crippen LogP contribution in [0.2, 0.25) is 0 Å². The largest absolute Gasteiger partial charge is 0.381 e. The maximum absolute atomic E-state index is 12.5. The molecule has 1 saturated heterocycles. The third kappa shape index (κ3) is 7.85. The molecule has 21 heavy (non-hydrogen) atoms. The lowest BCUT2D eigenvalue weighted by Crippen LogP contribution is -2.43. The molecule has 1 amide bonds. The second-order valence-electron chi connectivity index (χ2n) is 7.28. The molecule has 1 N–H and O–H groups in total. The van der Waals surface area contributed by atoms with Crippen molar-refractivity contribution in [2.24, 2.45) is 17.8 Å². The van der Waals surface area contributed by atoms with Gasteiger partial charge in [0.15, 0.2) is 0 Å². The first-order chi connectivity index (χ1) is 10.0. The van der Waals surface area contributed by atoms with Crippen LogP contribution in [0.15, 0.2) is 0 Å². The normalized spacial score (nSPS) is 18.2. The predicted octanol–water partition coefficient (Wildman–Crippen LogP) is 4.16. The molecule has 0 bridgehead atoms. The molecule has 0 aromatic heterocycles. The maximum Gasteiger partial charge on any atom is 0.223 e. The van der Waals surface area contributed by atoms with Crippen LogP contribution < -0.4 is 5.32 Å². The number of rotatable bonds is 9. The van der Waals surface area contributed by atoms with Gasteiger partial charge in [-0.25, -0.2) is 0 Å². The van der Waals surface area contributed by atoms with E-state index < -0.39 is 0 Å². The van der Waals surface area contributed by atoms with Crippen molar-refractivity contribution < 1.29 is 9.53 Å². The lowest BCUT2D eigenvalue weighted by atomic mass is 9.88. The van der Waals surface area contributed by atoms with Gasteiger partial charge in [0.05, 0.1) is 0 Å². The fourth-order valence-corrected chi connectivity index (χ4v) is 3.01. The molecular weight excluding hydrogens is 262 g/mol. The van der Waals surface area contributed by atoms with Crippen LogP contribution in [-0.4, -0.2) is 25.2 Å². The first kappa shape index (κ1) is 18.5. The van der Waals surface area contributed by atoms with Crippen LogP contribution in [0, 0.1) is 17.8 Å². The molecule has 1 rings (SSSR count). The lowest BCUT2D eigenvalue weighted by Gasteiger charge is -2.27. The third-order valence-electron chi connectivity index (χ3n) is 4.51. The molecule has 1 heterocycles. The topological polar surface area (TPSA) is 38.3 Å². The Morgan fingerprint density at radius 2 is 1.67 bits per heavy atom. The molecule has 3 nitrogen and oxygen atoms in total. The quantitative estimate of drug-likeness (QED) is 0.649. The van der Waals surface area contributed by atoms with E-state index in [4.69, 9.17) is 4.74 Å². The maximum atomic E-state index is 12.5.